The molecule has 1 aliphatic rings. The van der Waals surface area contributed by atoms with Gasteiger partial charge in [-0.2, -0.15) is 0 Å². The van der Waals surface area contributed by atoms with Gasteiger partial charge in [0.15, 0.2) is 0 Å². The van der Waals surface area contributed by atoms with Crippen LogP contribution in [0.3, 0.4) is 0 Å². The van der Waals surface area contributed by atoms with Crippen LogP contribution in [0.15, 0.2) is 71.2 Å². The second-order valence-electron chi connectivity index (χ2n) is 8.36. The van der Waals surface area contributed by atoms with E-state index in [1.54, 1.807) is 19.1 Å². The van der Waals surface area contributed by atoms with Crippen molar-refractivity contribution in [2.24, 2.45) is 0 Å². The fourth-order valence-electron chi connectivity index (χ4n) is 4.32. The van der Waals surface area contributed by atoms with Gasteiger partial charge in [-0.3, -0.25) is 14.9 Å². The first-order chi connectivity index (χ1) is 16.9. The van der Waals surface area contributed by atoms with Gasteiger partial charge in [-0.15, -0.1) is 0 Å². The Kier molecular flexibility index (Phi) is 7.51. The Labute approximate surface area is 211 Å². The molecule has 3 aromatic rings. The lowest BCUT2D eigenvalue weighted by Crippen LogP contribution is -2.36. The van der Waals surface area contributed by atoms with Crippen molar-refractivity contribution >= 4 is 39.6 Å². The van der Waals surface area contributed by atoms with E-state index in [1.165, 1.54) is 6.07 Å². The average Bonchev–Trinajstić information content (AvgIpc) is 3.15. The third-order valence-electron chi connectivity index (χ3n) is 6.00. The smallest absolute Gasteiger partial charge is 0.411 e. The summed E-state index contributed by atoms with van der Waals surface area (Å²) in [6.07, 6.45) is -0.313. The molecule has 180 valence electrons. The number of carboxylic acids is 1. The minimum atomic E-state index is -0.982. The summed E-state index contributed by atoms with van der Waals surface area (Å²) in [5, 5.41) is 14.4. The Morgan fingerprint density at radius 2 is 1.63 bits per heavy atom. The van der Waals surface area contributed by atoms with Crippen molar-refractivity contribution in [2.75, 3.05) is 11.9 Å². The van der Waals surface area contributed by atoms with Crippen molar-refractivity contribution in [1.29, 1.82) is 0 Å². The number of hydrogen-bond donors (Lipinski definition) is 3. The van der Waals surface area contributed by atoms with Gasteiger partial charge < -0.3 is 15.2 Å². The number of nitrogens with one attached hydrogen (secondary N) is 2. The molecular formula is C27H25BrN2O5. The van der Waals surface area contributed by atoms with Crippen molar-refractivity contribution in [1.82, 2.24) is 5.32 Å². The molecule has 0 aliphatic heterocycles. The molecule has 0 bridgehead atoms. The van der Waals surface area contributed by atoms with Crippen molar-refractivity contribution in [3.63, 3.8) is 0 Å². The standard InChI is InChI=1S/C27H25BrN2O5/c1-2-18(14-25(31)32)29-26(33)16-11-17(28)13-19(12-16)30-27(34)35-15-24-22-9-5-3-7-20(22)21-8-4-6-10-23(21)24/h3-13,18,24H,2,14-15H2,1H3,(H,29,33)(H,30,34)(H,31,32). The van der Waals surface area contributed by atoms with Gasteiger partial charge >= 0.3 is 12.1 Å². The number of halogens is 1. The van der Waals surface area contributed by atoms with Crippen LogP contribution in [0.25, 0.3) is 11.1 Å². The van der Waals surface area contributed by atoms with Crippen molar-refractivity contribution in [2.45, 2.75) is 31.7 Å². The highest BCUT2D eigenvalue weighted by Crippen LogP contribution is 2.44. The van der Waals surface area contributed by atoms with Crippen LogP contribution in [-0.2, 0) is 9.53 Å². The highest BCUT2D eigenvalue weighted by atomic mass is 79.9. The van der Waals surface area contributed by atoms with Crippen LogP contribution in [0.5, 0.6) is 0 Å². The molecule has 0 spiro atoms. The van der Waals surface area contributed by atoms with Gasteiger partial charge in [-0.1, -0.05) is 71.4 Å². The summed E-state index contributed by atoms with van der Waals surface area (Å²) in [6, 6.07) is 20.5. The molecule has 0 fully saturated rings. The lowest BCUT2D eigenvalue weighted by molar-refractivity contribution is -0.137. The number of hydrogen-bond acceptors (Lipinski definition) is 4. The summed E-state index contributed by atoms with van der Waals surface area (Å²) in [6.45, 7) is 1.98. The predicted octanol–water partition coefficient (Wildman–Crippen LogP) is 5.79. The number of carbonyl (C=O) groups is 3. The number of carbonyl (C=O) groups excluding carboxylic acids is 2. The molecular weight excluding hydrogens is 512 g/mol. The van der Waals surface area contributed by atoms with Crippen LogP contribution >= 0.6 is 15.9 Å². The second-order valence-corrected chi connectivity index (χ2v) is 9.27. The van der Waals surface area contributed by atoms with E-state index in [9.17, 15) is 14.4 Å². The Morgan fingerprint density at radius 1 is 1.00 bits per heavy atom. The van der Waals surface area contributed by atoms with Gasteiger partial charge in [0, 0.05) is 27.7 Å². The molecule has 0 aromatic heterocycles. The molecule has 3 aromatic carbocycles. The van der Waals surface area contributed by atoms with Crippen LogP contribution in [0.1, 0.15) is 47.2 Å². The molecule has 3 N–H and O–H groups in total. The van der Waals surface area contributed by atoms with Crippen LogP contribution in [0.4, 0.5) is 10.5 Å². The predicted molar refractivity (Wildman–Crippen MR) is 137 cm³/mol. The van der Waals surface area contributed by atoms with Gasteiger partial charge in [0.2, 0.25) is 0 Å². The zero-order valence-corrected chi connectivity index (χ0v) is 20.7. The van der Waals surface area contributed by atoms with E-state index in [0.29, 0.717) is 16.6 Å². The average molecular weight is 537 g/mol. The van der Waals surface area contributed by atoms with Gasteiger partial charge in [0.05, 0.1) is 6.42 Å². The van der Waals surface area contributed by atoms with Crippen LogP contribution < -0.4 is 10.6 Å². The first-order valence-corrected chi connectivity index (χ1v) is 12.1. The maximum absolute atomic E-state index is 12.7. The van der Waals surface area contributed by atoms with Crippen LogP contribution in [0, 0.1) is 0 Å². The number of aliphatic carboxylic acids is 1. The third kappa shape index (κ3) is 5.71. The normalized spacial score (nSPS) is 12.9. The third-order valence-corrected chi connectivity index (χ3v) is 6.46. The van der Waals surface area contributed by atoms with E-state index in [0.717, 1.165) is 22.3 Å². The van der Waals surface area contributed by atoms with E-state index in [2.05, 4.69) is 38.7 Å². The van der Waals surface area contributed by atoms with Gasteiger partial charge in [-0.25, -0.2) is 4.79 Å². The van der Waals surface area contributed by atoms with E-state index < -0.39 is 24.0 Å². The molecule has 0 saturated heterocycles. The molecule has 2 amide bonds. The number of fused-ring (bicyclic) bond motifs is 3. The Balaban J connectivity index is 1.42. The molecule has 1 aliphatic carbocycles. The highest BCUT2D eigenvalue weighted by molar-refractivity contribution is 9.10. The van der Waals surface area contributed by atoms with E-state index in [-0.39, 0.29) is 24.5 Å². The number of anilines is 1. The van der Waals surface area contributed by atoms with E-state index in [1.807, 2.05) is 36.4 Å². The second kappa shape index (κ2) is 10.7. The van der Waals surface area contributed by atoms with Crippen LogP contribution in [0.2, 0.25) is 0 Å². The molecule has 8 heteroatoms. The minimum absolute atomic E-state index is 0.0581. The van der Waals surface area contributed by atoms with Gasteiger partial charge in [0.1, 0.15) is 6.61 Å². The lowest BCUT2D eigenvalue weighted by Gasteiger charge is -2.16. The Morgan fingerprint density at radius 3 is 2.23 bits per heavy atom. The van der Waals surface area contributed by atoms with Crippen molar-refractivity contribution < 1.29 is 24.2 Å². The van der Waals surface area contributed by atoms with Gasteiger partial charge in [0.25, 0.3) is 5.91 Å². The summed E-state index contributed by atoms with van der Waals surface area (Å²) in [5.74, 6) is -1.46. The molecule has 4 rings (SSSR count). The summed E-state index contributed by atoms with van der Waals surface area (Å²) >= 11 is 3.36. The summed E-state index contributed by atoms with van der Waals surface area (Å²) in [4.78, 5) is 36.3. The molecule has 0 heterocycles. The Bertz CT molecular complexity index is 1230. The number of rotatable bonds is 8. The summed E-state index contributed by atoms with van der Waals surface area (Å²) in [7, 11) is 0. The number of carboxylic acid groups (broad SMARTS) is 1. The molecule has 7 nitrogen and oxygen atoms in total. The van der Waals surface area contributed by atoms with E-state index in [4.69, 9.17) is 9.84 Å². The number of amides is 2. The van der Waals surface area contributed by atoms with Crippen molar-refractivity contribution in [3.05, 3.63) is 87.9 Å². The number of benzene rings is 3. The summed E-state index contributed by atoms with van der Waals surface area (Å²) in [5.41, 5.74) is 5.20. The first-order valence-electron chi connectivity index (χ1n) is 11.3. The highest BCUT2D eigenvalue weighted by Gasteiger charge is 2.29. The number of ether oxygens (including phenoxy) is 1. The topological polar surface area (TPSA) is 105 Å². The molecule has 1 unspecified atom stereocenters. The fourth-order valence-corrected chi connectivity index (χ4v) is 4.82. The summed E-state index contributed by atoms with van der Waals surface area (Å²) < 4.78 is 6.17. The first kappa shape index (κ1) is 24.5. The Hall–Kier alpha value is -3.65. The maximum Gasteiger partial charge on any atom is 0.411 e. The quantitative estimate of drug-likeness (QED) is 0.337. The zero-order valence-electron chi connectivity index (χ0n) is 19.1. The molecule has 1 atom stereocenters. The minimum Gasteiger partial charge on any atom is -0.481 e. The SMILES string of the molecule is CCC(CC(=O)O)NC(=O)c1cc(Br)cc(NC(=O)OCC2c3ccccc3-c3ccccc32)c1. The molecule has 0 saturated carbocycles. The van der Waals surface area contributed by atoms with Crippen LogP contribution in [-0.4, -0.2) is 35.7 Å². The fraction of sp³-hybridized carbons (Fsp3) is 0.222. The maximum atomic E-state index is 12.7. The van der Waals surface area contributed by atoms with Gasteiger partial charge in [-0.05, 0) is 46.9 Å². The lowest BCUT2D eigenvalue weighted by atomic mass is 9.98. The van der Waals surface area contributed by atoms with Crippen molar-refractivity contribution in [3.8, 4) is 11.1 Å². The monoisotopic (exact) mass is 536 g/mol. The zero-order chi connectivity index (χ0) is 24.9. The van der Waals surface area contributed by atoms with E-state index >= 15 is 0 Å². The molecule has 35 heavy (non-hydrogen) atoms. The largest absolute Gasteiger partial charge is 0.481 e. The molecule has 0 radical (unpaired) electrons.